The maximum absolute atomic E-state index is 5.50. The molecule has 0 bridgehead atoms. The lowest BCUT2D eigenvalue weighted by Crippen LogP contribution is -2.04. The number of methoxy groups -OCH3 is 1. The van der Waals surface area contributed by atoms with Crippen LogP contribution in [-0.4, -0.2) is 20.3 Å². The standard InChI is InChI=1S/C13H16O3/c1-4-11-6-7-12(13(10-11)14-3)16-9-8-15-5-2/h4-7,10H,1-2,8-9H2,3H3. The van der Waals surface area contributed by atoms with Crippen molar-refractivity contribution in [2.45, 2.75) is 0 Å². The zero-order chi connectivity index (χ0) is 11.8. The zero-order valence-electron chi connectivity index (χ0n) is 9.44. The summed E-state index contributed by atoms with van der Waals surface area (Å²) in [6, 6.07) is 5.64. The molecule has 0 heterocycles. The van der Waals surface area contributed by atoms with Crippen LogP contribution in [0.15, 0.2) is 37.6 Å². The fraction of sp³-hybridized carbons (Fsp3) is 0.231. The van der Waals surface area contributed by atoms with Gasteiger partial charge in [-0.1, -0.05) is 25.3 Å². The second-order valence-corrected chi connectivity index (χ2v) is 3.00. The molecular weight excluding hydrogens is 204 g/mol. The number of hydrogen-bond acceptors (Lipinski definition) is 3. The summed E-state index contributed by atoms with van der Waals surface area (Å²) in [5.74, 6) is 1.39. The normalized spacial score (nSPS) is 9.31. The first-order valence-corrected chi connectivity index (χ1v) is 4.97. The van der Waals surface area contributed by atoms with Gasteiger partial charge in [-0.05, 0) is 17.7 Å². The van der Waals surface area contributed by atoms with Crippen molar-refractivity contribution in [2.24, 2.45) is 0 Å². The molecule has 0 fully saturated rings. The highest BCUT2D eigenvalue weighted by Crippen LogP contribution is 2.28. The average Bonchev–Trinajstić information content (AvgIpc) is 2.34. The average molecular weight is 220 g/mol. The smallest absolute Gasteiger partial charge is 0.161 e. The molecule has 86 valence electrons. The Bertz CT molecular complexity index is 358. The Morgan fingerprint density at radius 2 is 2.00 bits per heavy atom. The van der Waals surface area contributed by atoms with Crippen LogP contribution in [-0.2, 0) is 4.74 Å². The van der Waals surface area contributed by atoms with E-state index in [2.05, 4.69) is 13.2 Å². The summed E-state index contributed by atoms with van der Waals surface area (Å²) in [6.45, 7) is 8.07. The van der Waals surface area contributed by atoms with Gasteiger partial charge in [-0.15, -0.1) is 0 Å². The Kier molecular flexibility index (Phi) is 4.99. The van der Waals surface area contributed by atoms with E-state index in [1.807, 2.05) is 18.2 Å². The van der Waals surface area contributed by atoms with Crippen molar-refractivity contribution in [3.63, 3.8) is 0 Å². The molecule has 0 spiro atoms. The quantitative estimate of drug-likeness (QED) is 0.522. The number of rotatable bonds is 7. The van der Waals surface area contributed by atoms with E-state index in [0.29, 0.717) is 24.7 Å². The molecule has 0 aliphatic carbocycles. The molecule has 0 unspecified atom stereocenters. The van der Waals surface area contributed by atoms with E-state index in [9.17, 15) is 0 Å². The molecule has 16 heavy (non-hydrogen) atoms. The van der Waals surface area contributed by atoms with E-state index >= 15 is 0 Å². The van der Waals surface area contributed by atoms with E-state index in [1.165, 1.54) is 6.26 Å². The van der Waals surface area contributed by atoms with Crippen LogP contribution < -0.4 is 9.47 Å². The van der Waals surface area contributed by atoms with Crippen LogP contribution in [0.2, 0.25) is 0 Å². The molecule has 0 saturated carbocycles. The first kappa shape index (κ1) is 12.2. The number of benzene rings is 1. The Hall–Kier alpha value is -1.90. The van der Waals surface area contributed by atoms with Gasteiger partial charge >= 0.3 is 0 Å². The molecule has 1 aromatic carbocycles. The van der Waals surface area contributed by atoms with Crippen LogP contribution in [0.3, 0.4) is 0 Å². The fourth-order valence-corrected chi connectivity index (χ4v) is 1.21. The Balaban J connectivity index is 2.64. The molecular formula is C13H16O3. The highest BCUT2D eigenvalue weighted by molar-refractivity contribution is 5.54. The topological polar surface area (TPSA) is 27.7 Å². The van der Waals surface area contributed by atoms with E-state index in [1.54, 1.807) is 13.2 Å². The molecule has 1 rings (SSSR count). The van der Waals surface area contributed by atoms with Gasteiger partial charge in [-0.25, -0.2) is 0 Å². The number of ether oxygens (including phenoxy) is 3. The minimum Gasteiger partial charge on any atom is -0.498 e. The van der Waals surface area contributed by atoms with E-state index < -0.39 is 0 Å². The largest absolute Gasteiger partial charge is 0.498 e. The minimum absolute atomic E-state index is 0.454. The van der Waals surface area contributed by atoms with Gasteiger partial charge in [0.15, 0.2) is 11.5 Å². The molecule has 0 N–H and O–H groups in total. The predicted octanol–water partition coefficient (Wildman–Crippen LogP) is 2.88. The lowest BCUT2D eigenvalue weighted by molar-refractivity contribution is 0.176. The van der Waals surface area contributed by atoms with Gasteiger partial charge in [0.05, 0.1) is 13.4 Å². The lowest BCUT2D eigenvalue weighted by atomic mass is 10.2. The summed E-state index contributed by atoms with van der Waals surface area (Å²) in [7, 11) is 1.61. The maximum atomic E-state index is 5.50. The molecule has 1 aromatic rings. The first-order valence-electron chi connectivity index (χ1n) is 4.97. The van der Waals surface area contributed by atoms with Crippen molar-refractivity contribution in [1.29, 1.82) is 0 Å². The summed E-state index contributed by atoms with van der Waals surface area (Å²) in [6.07, 6.45) is 3.15. The monoisotopic (exact) mass is 220 g/mol. The van der Waals surface area contributed by atoms with Crippen molar-refractivity contribution in [2.75, 3.05) is 20.3 Å². The molecule has 0 aromatic heterocycles. The molecule has 0 aliphatic rings. The van der Waals surface area contributed by atoms with Crippen LogP contribution in [0.25, 0.3) is 6.08 Å². The first-order chi connectivity index (χ1) is 7.81. The lowest BCUT2D eigenvalue weighted by Gasteiger charge is -2.10. The highest BCUT2D eigenvalue weighted by atomic mass is 16.5. The predicted molar refractivity (Wildman–Crippen MR) is 64.7 cm³/mol. The third kappa shape index (κ3) is 3.35. The van der Waals surface area contributed by atoms with Crippen molar-refractivity contribution in [1.82, 2.24) is 0 Å². The molecule has 0 saturated heterocycles. The van der Waals surface area contributed by atoms with E-state index in [-0.39, 0.29) is 0 Å². The maximum Gasteiger partial charge on any atom is 0.161 e. The second-order valence-electron chi connectivity index (χ2n) is 3.00. The minimum atomic E-state index is 0.454. The summed E-state index contributed by atoms with van der Waals surface area (Å²) in [5, 5.41) is 0. The fourth-order valence-electron chi connectivity index (χ4n) is 1.21. The van der Waals surface area contributed by atoms with Crippen molar-refractivity contribution in [3.8, 4) is 11.5 Å². The summed E-state index contributed by atoms with van der Waals surface area (Å²) >= 11 is 0. The van der Waals surface area contributed by atoms with Gasteiger partial charge in [0.2, 0.25) is 0 Å². The molecule has 0 radical (unpaired) electrons. The zero-order valence-corrected chi connectivity index (χ0v) is 9.44. The van der Waals surface area contributed by atoms with Crippen LogP contribution in [0.1, 0.15) is 5.56 Å². The SMILES string of the molecule is C=COCCOc1ccc(C=C)cc1OC. The molecule has 3 heteroatoms. The van der Waals surface area contributed by atoms with Crippen LogP contribution in [0.5, 0.6) is 11.5 Å². The highest BCUT2D eigenvalue weighted by Gasteiger charge is 2.04. The van der Waals surface area contributed by atoms with Gasteiger partial charge in [0.1, 0.15) is 13.2 Å². The van der Waals surface area contributed by atoms with Crippen molar-refractivity contribution >= 4 is 6.08 Å². The van der Waals surface area contributed by atoms with Gasteiger partial charge in [0.25, 0.3) is 0 Å². The molecule has 0 aliphatic heterocycles. The van der Waals surface area contributed by atoms with Crippen LogP contribution in [0, 0.1) is 0 Å². The summed E-state index contributed by atoms with van der Waals surface area (Å²) in [4.78, 5) is 0. The van der Waals surface area contributed by atoms with Gasteiger partial charge in [-0.2, -0.15) is 0 Å². The second kappa shape index (κ2) is 6.56. The van der Waals surface area contributed by atoms with Gasteiger partial charge in [-0.3, -0.25) is 0 Å². The molecule has 3 nitrogen and oxygen atoms in total. The third-order valence-corrected chi connectivity index (χ3v) is 2.00. The Labute approximate surface area is 95.9 Å². The van der Waals surface area contributed by atoms with Crippen molar-refractivity contribution < 1.29 is 14.2 Å². The molecule has 0 amide bonds. The molecule has 0 atom stereocenters. The van der Waals surface area contributed by atoms with Gasteiger partial charge in [0, 0.05) is 0 Å². The third-order valence-electron chi connectivity index (χ3n) is 2.00. The van der Waals surface area contributed by atoms with Crippen LogP contribution in [0.4, 0.5) is 0 Å². The Morgan fingerprint density at radius 3 is 2.62 bits per heavy atom. The van der Waals surface area contributed by atoms with Crippen LogP contribution >= 0.6 is 0 Å². The summed E-state index contributed by atoms with van der Waals surface area (Å²) < 4.78 is 15.7. The van der Waals surface area contributed by atoms with Crippen molar-refractivity contribution in [3.05, 3.63) is 43.2 Å². The Morgan fingerprint density at radius 1 is 1.19 bits per heavy atom. The van der Waals surface area contributed by atoms with E-state index in [4.69, 9.17) is 14.2 Å². The van der Waals surface area contributed by atoms with E-state index in [0.717, 1.165) is 5.56 Å². The number of hydrogen-bond donors (Lipinski definition) is 0. The van der Waals surface area contributed by atoms with Gasteiger partial charge < -0.3 is 14.2 Å². The summed E-state index contributed by atoms with van der Waals surface area (Å²) in [5.41, 5.74) is 0.992.